The van der Waals surface area contributed by atoms with Gasteiger partial charge in [0.2, 0.25) is 0 Å². The van der Waals surface area contributed by atoms with Crippen LogP contribution in [-0.2, 0) is 9.59 Å². The van der Waals surface area contributed by atoms with Crippen LogP contribution >= 0.6 is 0 Å². The SMILES string of the molecule is CCCCCCC(=O)O.CCCCCCC(=O)O.[I+].[I+].[Te+2]. The summed E-state index contributed by atoms with van der Waals surface area (Å²) in [6.45, 7) is 4.22. The minimum absolute atomic E-state index is 0. The zero-order valence-corrected chi connectivity index (χ0v) is 19.6. The van der Waals surface area contributed by atoms with Crippen molar-refractivity contribution in [3.05, 3.63) is 0 Å². The molecule has 0 aromatic carbocycles. The van der Waals surface area contributed by atoms with E-state index in [0.717, 1.165) is 38.5 Å². The summed E-state index contributed by atoms with van der Waals surface area (Å²) in [7, 11) is 0. The van der Waals surface area contributed by atoms with Crippen LogP contribution in [0.15, 0.2) is 0 Å². The molecule has 8 radical (unpaired) electrons. The van der Waals surface area contributed by atoms with Crippen LogP contribution in [-0.4, -0.2) is 45.8 Å². The first kappa shape index (κ1) is 33.7. The van der Waals surface area contributed by atoms with Gasteiger partial charge in [0.15, 0.2) is 0 Å². The molecule has 21 heavy (non-hydrogen) atoms. The molecule has 0 aliphatic heterocycles. The summed E-state index contributed by atoms with van der Waals surface area (Å²) in [4.78, 5) is 19.9. The van der Waals surface area contributed by atoms with Crippen molar-refractivity contribution in [2.75, 3.05) is 0 Å². The van der Waals surface area contributed by atoms with Gasteiger partial charge in [-0.25, -0.2) is 0 Å². The zero-order valence-electron chi connectivity index (χ0n) is 12.9. The Morgan fingerprint density at radius 3 is 1.14 bits per heavy atom. The van der Waals surface area contributed by atoms with Gasteiger partial charge in [-0.05, 0) is 12.8 Å². The summed E-state index contributed by atoms with van der Waals surface area (Å²) in [5.41, 5.74) is 0. The maximum absolute atomic E-state index is 9.96. The number of rotatable bonds is 10. The van der Waals surface area contributed by atoms with Crippen molar-refractivity contribution < 1.29 is 67.8 Å². The summed E-state index contributed by atoms with van der Waals surface area (Å²) in [5.74, 6) is -1.35. The molecule has 0 spiro atoms. The Morgan fingerprint density at radius 1 is 0.667 bits per heavy atom. The van der Waals surface area contributed by atoms with E-state index in [9.17, 15) is 9.59 Å². The van der Waals surface area contributed by atoms with Crippen molar-refractivity contribution in [2.45, 2.75) is 78.1 Å². The fourth-order valence-electron chi connectivity index (χ4n) is 1.41. The molecule has 0 aliphatic carbocycles. The van der Waals surface area contributed by atoms with E-state index in [2.05, 4.69) is 13.8 Å². The van der Waals surface area contributed by atoms with E-state index in [1.807, 2.05) is 0 Å². The number of unbranched alkanes of at least 4 members (excludes halogenated alkanes) is 6. The molecule has 0 atom stereocenters. The van der Waals surface area contributed by atoms with Gasteiger partial charge >= 0.3 is 83.6 Å². The van der Waals surface area contributed by atoms with Crippen LogP contribution in [0, 0.1) is 0 Å². The van der Waals surface area contributed by atoms with E-state index in [1.165, 1.54) is 12.8 Å². The van der Waals surface area contributed by atoms with Crippen LogP contribution in [0.1, 0.15) is 78.1 Å². The molecule has 0 aliphatic rings. The Kier molecular flexibility index (Phi) is 46.9. The van der Waals surface area contributed by atoms with E-state index in [0.29, 0.717) is 12.8 Å². The Labute approximate surface area is 180 Å². The maximum Gasteiger partial charge on any atom is 2.00 e. The van der Waals surface area contributed by atoms with E-state index < -0.39 is 11.9 Å². The molecular formula is C14H28I2O4Te+4. The largest absolute Gasteiger partial charge is 2.00 e. The van der Waals surface area contributed by atoms with Gasteiger partial charge in [0.05, 0.1) is 0 Å². The molecule has 4 nitrogen and oxygen atoms in total. The predicted octanol–water partition coefficient (Wildman–Crippen LogP) is -2.29. The van der Waals surface area contributed by atoms with Crippen molar-refractivity contribution in [2.24, 2.45) is 0 Å². The fourth-order valence-corrected chi connectivity index (χ4v) is 1.41. The molecule has 124 valence electrons. The van der Waals surface area contributed by atoms with E-state index >= 15 is 0 Å². The Bertz CT molecular complexity index is 195. The van der Waals surface area contributed by atoms with Gasteiger partial charge in [-0.3, -0.25) is 9.59 Å². The molecule has 7 heteroatoms. The topological polar surface area (TPSA) is 74.6 Å². The van der Waals surface area contributed by atoms with E-state index in [-0.39, 0.29) is 71.6 Å². The first-order chi connectivity index (χ1) is 8.54. The number of hydrogen-bond donors (Lipinski definition) is 2. The molecule has 0 heterocycles. The normalized spacial score (nSPS) is 8.10. The monoisotopic (exact) mass is 644 g/mol. The second kappa shape index (κ2) is 29.2. The van der Waals surface area contributed by atoms with Crippen molar-refractivity contribution >= 4 is 35.6 Å². The minimum atomic E-state index is -0.675. The van der Waals surface area contributed by atoms with Gasteiger partial charge in [-0.15, -0.1) is 0 Å². The molecule has 0 amide bonds. The van der Waals surface area contributed by atoms with Crippen LogP contribution in [0.2, 0.25) is 0 Å². The van der Waals surface area contributed by atoms with Crippen LogP contribution in [0.3, 0.4) is 0 Å². The van der Waals surface area contributed by atoms with Crippen molar-refractivity contribution in [3.8, 4) is 0 Å². The first-order valence-electron chi connectivity index (χ1n) is 6.98. The number of carboxylic acid groups (broad SMARTS) is 2. The second-order valence-electron chi connectivity index (χ2n) is 4.41. The Hall–Kier alpha value is 1.19. The Balaban J connectivity index is -0.0000000711. The number of carboxylic acids is 2. The molecule has 0 saturated carbocycles. The van der Waals surface area contributed by atoms with Gasteiger partial charge in [0, 0.05) is 12.8 Å². The molecule has 0 unspecified atom stereocenters. The molecule has 0 fully saturated rings. The van der Waals surface area contributed by atoms with Crippen LogP contribution in [0.4, 0.5) is 0 Å². The molecule has 0 aromatic rings. The van der Waals surface area contributed by atoms with E-state index in [4.69, 9.17) is 10.2 Å². The van der Waals surface area contributed by atoms with Crippen LogP contribution < -0.4 is 48.0 Å². The smallest absolute Gasteiger partial charge is 0.481 e. The summed E-state index contributed by atoms with van der Waals surface area (Å²) in [6.07, 6.45) is 9.11. The molecular weight excluding hydrogens is 614 g/mol. The maximum atomic E-state index is 9.96. The summed E-state index contributed by atoms with van der Waals surface area (Å²) in [6, 6.07) is 0. The summed E-state index contributed by atoms with van der Waals surface area (Å²) >= 11 is 0. The summed E-state index contributed by atoms with van der Waals surface area (Å²) in [5, 5.41) is 16.4. The minimum Gasteiger partial charge on any atom is -0.481 e. The molecule has 0 aromatic heterocycles. The number of aliphatic carboxylic acids is 2. The van der Waals surface area contributed by atoms with Gasteiger partial charge in [0.1, 0.15) is 0 Å². The third-order valence-corrected chi connectivity index (χ3v) is 2.49. The van der Waals surface area contributed by atoms with Gasteiger partial charge < -0.3 is 10.2 Å². The quantitative estimate of drug-likeness (QED) is 0.160. The standard InChI is InChI=1S/2C7H14O2.2I.Te/c2*1-2-3-4-5-6-7(8)9;;;/h2*2-6H2,1H3,(H,8,9);;;/q;;2*+1;+2. The second-order valence-corrected chi connectivity index (χ2v) is 4.41. The van der Waals surface area contributed by atoms with Crippen molar-refractivity contribution in [3.63, 3.8) is 0 Å². The summed E-state index contributed by atoms with van der Waals surface area (Å²) < 4.78 is 0. The van der Waals surface area contributed by atoms with Gasteiger partial charge in [-0.1, -0.05) is 52.4 Å². The van der Waals surface area contributed by atoms with Crippen LogP contribution in [0.5, 0.6) is 0 Å². The predicted molar refractivity (Wildman–Crippen MR) is 78.5 cm³/mol. The van der Waals surface area contributed by atoms with Crippen LogP contribution in [0.25, 0.3) is 0 Å². The average Bonchev–Trinajstić information content (AvgIpc) is 2.31. The third kappa shape index (κ3) is 44.9. The number of carbonyl (C=O) groups is 2. The third-order valence-electron chi connectivity index (χ3n) is 2.49. The average molecular weight is 642 g/mol. The zero-order chi connectivity index (χ0) is 14.2. The van der Waals surface area contributed by atoms with E-state index in [1.54, 1.807) is 0 Å². The van der Waals surface area contributed by atoms with Gasteiger partial charge in [0.25, 0.3) is 0 Å². The molecule has 0 bridgehead atoms. The van der Waals surface area contributed by atoms with Crippen molar-refractivity contribution in [1.82, 2.24) is 0 Å². The Morgan fingerprint density at radius 2 is 0.952 bits per heavy atom. The molecule has 2 N–H and O–H groups in total. The van der Waals surface area contributed by atoms with Gasteiger partial charge in [-0.2, -0.15) is 0 Å². The number of halogens is 2. The number of hydrogen-bond acceptors (Lipinski definition) is 2. The molecule has 0 rings (SSSR count). The first-order valence-corrected chi connectivity index (χ1v) is 6.98. The van der Waals surface area contributed by atoms with Crippen molar-refractivity contribution in [1.29, 1.82) is 0 Å². The molecule has 0 saturated heterocycles. The fraction of sp³-hybridized carbons (Fsp3) is 0.857.